The highest BCUT2D eigenvalue weighted by molar-refractivity contribution is 5.96. The van der Waals surface area contributed by atoms with Crippen molar-refractivity contribution in [1.82, 2.24) is 0 Å². The molecule has 0 aliphatic heterocycles. The molecule has 1 amide bonds. The Hall–Kier alpha value is -3.02. The number of carbonyl (C=O) groups is 2. The summed E-state index contributed by atoms with van der Waals surface area (Å²) in [5, 5.41) is 0. The number of anilines is 1. The molecule has 0 radical (unpaired) electrons. The summed E-state index contributed by atoms with van der Waals surface area (Å²) in [6, 6.07) is 14.8. The van der Waals surface area contributed by atoms with E-state index in [4.69, 9.17) is 14.2 Å². The van der Waals surface area contributed by atoms with Crippen molar-refractivity contribution in [2.24, 2.45) is 0 Å². The first-order chi connectivity index (χ1) is 12.8. The third kappa shape index (κ3) is 5.23. The smallest absolute Gasteiger partial charge is 0.415 e. The third-order valence-corrected chi connectivity index (χ3v) is 3.74. The predicted molar refractivity (Wildman–Crippen MR) is 103 cm³/mol. The summed E-state index contributed by atoms with van der Waals surface area (Å²) >= 11 is 0. The molecule has 0 bridgehead atoms. The number of methoxy groups -OCH3 is 2. The van der Waals surface area contributed by atoms with E-state index in [-0.39, 0.29) is 0 Å². The number of ether oxygens (including phenoxy) is 3. The molecule has 0 fully saturated rings. The molecule has 1 atom stereocenters. The van der Waals surface area contributed by atoms with Gasteiger partial charge in [-0.25, -0.2) is 9.59 Å². The van der Waals surface area contributed by atoms with Crippen LogP contribution in [0.3, 0.4) is 0 Å². The topological polar surface area (TPSA) is 65.1 Å². The lowest BCUT2D eigenvalue weighted by Gasteiger charge is -2.32. The molecule has 6 heteroatoms. The van der Waals surface area contributed by atoms with Crippen molar-refractivity contribution in [2.45, 2.75) is 32.4 Å². The lowest BCUT2D eigenvalue weighted by Crippen LogP contribution is -2.42. The molecule has 0 heterocycles. The lowest BCUT2D eigenvalue weighted by atomic mass is 10.0. The number of amides is 1. The summed E-state index contributed by atoms with van der Waals surface area (Å²) in [6.45, 7) is 5.31. The van der Waals surface area contributed by atoms with Crippen LogP contribution in [-0.4, -0.2) is 31.9 Å². The predicted octanol–water partition coefficient (Wildman–Crippen LogP) is 4.35. The molecule has 0 saturated carbocycles. The normalized spacial score (nSPS) is 12.0. The third-order valence-electron chi connectivity index (χ3n) is 3.74. The molecule has 0 saturated heterocycles. The number of carbonyl (C=O) groups excluding carboxylic acids is 2. The molecular weight excluding hydrogens is 346 g/mol. The highest BCUT2D eigenvalue weighted by atomic mass is 16.6. The summed E-state index contributed by atoms with van der Waals surface area (Å²) < 4.78 is 15.7. The zero-order valence-electron chi connectivity index (χ0n) is 16.3. The zero-order chi connectivity index (χ0) is 20.0. The van der Waals surface area contributed by atoms with Crippen molar-refractivity contribution in [3.8, 4) is 5.75 Å². The highest BCUT2D eigenvalue weighted by Gasteiger charge is 2.36. The second kappa shape index (κ2) is 8.58. The maximum atomic E-state index is 13.0. The van der Waals surface area contributed by atoms with Crippen LogP contribution in [-0.2, 0) is 14.3 Å². The molecule has 0 aromatic heterocycles. The second-order valence-corrected chi connectivity index (χ2v) is 6.88. The molecule has 144 valence electrons. The molecule has 0 spiro atoms. The van der Waals surface area contributed by atoms with E-state index in [9.17, 15) is 9.59 Å². The largest absolute Gasteiger partial charge is 0.497 e. The van der Waals surface area contributed by atoms with E-state index < -0.39 is 23.7 Å². The molecule has 2 rings (SSSR count). The van der Waals surface area contributed by atoms with Crippen LogP contribution < -0.4 is 9.64 Å². The maximum Gasteiger partial charge on any atom is 0.415 e. The molecule has 6 nitrogen and oxygen atoms in total. The van der Waals surface area contributed by atoms with Gasteiger partial charge in [0.05, 0.1) is 14.2 Å². The van der Waals surface area contributed by atoms with Crippen molar-refractivity contribution in [2.75, 3.05) is 19.1 Å². The van der Waals surface area contributed by atoms with Crippen LogP contribution in [0.25, 0.3) is 0 Å². The van der Waals surface area contributed by atoms with Gasteiger partial charge in [-0.2, -0.15) is 0 Å². The van der Waals surface area contributed by atoms with E-state index in [0.717, 1.165) is 0 Å². The van der Waals surface area contributed by atoms with E-state index >= 15 is 0 Å². The van der Waals surface area contributed by atoms with Gasteiger partial charge in [0.25, 0.3) is 0 Å². The molecule has 0 aliphatic rings. The van der Waals surface area contributed by atoms with Crippen molar-refractivity contribution < 1.29 is 23.8 Å². The van der Waals surface area contributed by atoms with Gasteiger partial charge in [0.1, 0.15) is 11.4 Å². The minimum absolute atomic E-state index is 0.490. The minimum atomic E-state index is -0.987. The Balaban J connectivity index is 2.56. The summed E-state index contributed by atoms with van der Waals surface area (Å²) in [7, 11) is 2.85. The average molecular weight is 371 g/mol. The van der Waals surface area contributed by atoms with E-state index in [1.807, 2.05) is 6.07 Å². The van der Waals surface area contributed by atoms with Crippen molar-refractivity contribution in [3.63, 3.8) is 0 Å². The van der Waals surface area contributed by atoms with Gasteiger partial charge in [-0.05, 0) is 50.6 Å². The van der Waals surface area contributed by atoms with E-state index in [0.29, 0.717) is 17.0 Å². The van der Waals surface area contributed by atoms with Gasteiger partial charge in [0.2, 0.25) is 0 Å². The Morgan fingerprint density at radius 1 is 0.926 bits per heavy atom. The molecule has 1 unspecified atom stereocenters. The van der Waals surface area contributed by atoms with Crippen molar-refractivity contribution in [1.29, 1.82) is 0 Å². The van der Waals surface area contributed by atoms with Crippen LogP contribution in [0.1, 0.15) is 32.4 Å². The van der Waals surface area contributed by atoms with E-state index in [1.165, 1.54) is 12.0 Å². The van der Waals surface area contributed by atoms with E-state index in [1.54, 1.807) is 76.4 Å². The fourth-order valence-electron chi connectivity index (χ4n) is 2.55. The van der Waals surface area contributed by atoms with Gasteiger partial charge < -0.3 is 14.2 Å². The molecular formula is C21H25NO5. The van der Waals surface area contributed by atoms with Gasteiger partial charge in [0, 0.05) is 5.69 Å². The number of rotatable bonds is 5. The van der Waals surface area contributed by atoms with Gasteiger partial charge in [-0.3, -0.25) is 4.90 Å². The first kappa shape index (κ1) is 20.3. The first-order valence-corrected chi connectivity index (χ1v) is 8.56. The summed E-state index contributed by atoms with van der Waals surface area (Å²) in [5.74, 6) is 0.0695. The van der Waals surface area contributed by atoms with Gasteiger partial charge >= 0.3 is 12.1 Å². The number of hydrogen-bond acceptors (Lipinski definition) is 5. The van der Waals surface area contributed by atoms with Gasteiger partial charge in [-0.15, -0.1) is 0 Å². The van der Waals surface area contributed by atoms with Crippen LogP contribution in [0.15, 0.2) is 54.6 Å². The SMILES string of the molecule is COC(=O)C(c1ccccc1)N(C(=O)OC(C)(C)C)c1ccc(OC)cc1. The highest BCUT2D eigenvalue weighted by Crippen LogP contribution is 2.31. The average Bonchev–Trinajstić information content (AvgIpc) is 2.64. The Morgan fingerprint density at radius 3 is 2.00 bits per heavy atom. The van der Waals surface area contributed by atoms with E-state index in [2.05, 4.69) is 0 Å². The van der Waals surface area contributed by atoms with Crippen LogP contribution >= 0.6 is 0 Å². The Bertz CT molecular complexity index is 765. The molecule has 0 aliphatic carbocycles. The quantitative estimate of drug-likeness (QED) is 0.731. The fourth-order valence-corrected chi connectivity index (χ4v) is 2.55. The van der Waals surface area contributed by atoms with Crippen LogP contribution in [0.5, 0.6) is 5.75 Å². The zero-order valence-corrected chi connectivity index (χ0v) is 16.3. The van der Waals surface area contributed by atoms with Crippen LogP contribution in [0.2, 0.25) is 0 Å². The number of nitrogens with zero attached hydrogens (tertiary/aromatic N) is 1. The number of benzene rings is 2. The molecule has 0 N–H and O–H groups in total. The summed E-state index contributed by atoms with van der Waals surface area (Å²) in [5.41, 5.74) is 0.384. The minimum Gasteiger partial charge on any atom is -0.497 e. The standard InChI is InChI=1S/C21H25NO5/c1-21(2,3)27-20(24)22(16-11-13-17(25-4)14-12-16)18(19(23)26-5)15-9-7-6-8-10-15/h6-14,18H,1-5H3. The first-order valence-electron chi connectivity index (χ1n) is 8.56. The molecule has 27 heavy (non-hydrogen) atoms. The summed E-state index contributed by atoms with van der Waals surface area (Å²) in [6.07, 6.45) is -0.646. The Kier molecular flexibility index (Phi) is 6.45. The van der Waals surface area contributed by atoms with Gasteiger partial charge in [-0.1, -0.05) is 30.3 Å². The van der Waals surface area contributed by atoms with Gasteiger partial charge in [0.15, 0.2) is 6.04 Å². The summed E-state index contributed by atoms with van der Waals surface area (Å²) in [4.78, 5) is 26.9. The second-order valence-electron chi connectivity index (χ2n) is 6.88. The monoisotopic (exact) mass is 371 g/mol. The molecule has 2 aromatic rings. The van der Waals surface area contributed by atoms with Crippen molar-refractivity contribution >= 4 is 17.7 Å². The Morgan fingerprint density at radius 2 is 1.52 bits per heavy atom. The molecule has 2 aromatic carbocycles. The maximum absolute atomic E-state index is 13.0. The number of hydrogen-bond donors (Lipinski definition) is 0. The van der Waals surface area contributed by atoms with Crippen LogP contribution in [0, 0.1) is 0 Å². The number of esters is 1. The lowest BCUT2D eigenvalue weighted by molar-refractivity contribution is -0.142. The van der Waals surface area contributed by atoms with Crippen LogP contribution in [0.4, 0.5) is 10.5 Å². The van der Waals surface area contributed by atoms with Crippen molar-refractivity contribution in [3.05, 3.63) is 60.2 Å². The fraction of sp³-hybridized carbons (Fsp3) is 0.333. The Labute approximate surface area is 159 Å².